The predicted octanol–water partition coefficient (Wildman–Crippen LogP) is 4.69. The number of benzene rings is 1. The molecule has 0 aliphatic carbocycles. The quantitative estimate of drug-likeness (QED) is 0.634. The van der Waals surface area contributed by atoms with Gasteiger partial charge in [0.15, 0.2) is 0 Å². The summed E-state index contributed by atoms with van der Waals surface area (Å²) in [6.45, 7) is 7.45. The van der Waals surface area contributed by atoms with E-state index < -0.39 is 5.97 Å². The molecule has 120 valence electrons. The van der Waals surface area contributed by atoms with Gasteiger partial charge in [0.1, 0.15) is 6.61 Å². The molecule has 0 N–H and O–H groups in total. The third-order valence-corrected chi connectivity index (χ3v) is 3.42. The molecule has 0 saturated heterocycles. The number of nitrogens with zero attached hydrogens (tertiary/aromatic N) is 1. The highest BCUT2D eigenvalue weighted by Gasteiger charge is 2.12. The van der Waals surface area contributed by atoms with Crippen molar-refractivity contribution >= 4 is 41.6 Å². The van der Waals surface area contributed by atoms with Crippen LogP contribution in [0.15, 0.2) is 18.2 Å². The largest absolute Gasteiger partial charge is 0.461 e. The van der Waals surface area contributed by atoms with Crippen molar-refractivity contribution in [1.82, 2.24) is 4.90 Å². The van der Waals surface area contributed by atoms with E-state index in [1.165, 1.54) is 0 Å². The van der Waals surface area contributed by atoms with Crippen LogP contribution in [0, 0.1) is 0 Å². The molecule has 0 bridgehead atoms. The lowest BCUT2D eigenvalue weighted by Crippen LogP contribution is -2.30. The minimum absolute atomic E-state index is 0. The standard InChI is InChI=1S/C15H21Cl2NO2.ClH/c1-3-7-18(8-4-2)9-10-20-15(19)13-6-5-12(16)11-14(13)17;/h5-6,11H,3-4,7-10H2,1-2H3;1H. The second-order valence-electron chi connectivity index (χ2n) is 4.60. The predicted molar refractivity (Wildman–Crippen MR) is 91.0 cm³/mol. The number of carbonyl (C=O) groups excluding carboxylic acids is 1. The second-order valence-corrected chi connectivity index (χ2v) is 5.45. The molecule has 0 spiro atoms. The zero-order valence-electron chi connectivity index (χ0n) is 12.4. The van der Waals surface area contributed by atoms with Crippen molar-refractivity contribution in [2.75, 3.05) is 26.2 Å². The van der Waals surface area contributed by atoms with E-state index in [2.05, 4.69) is 18.7 Å². The molecule has 6 heteroatoms. The molecule has 0 aliphatic rings. The van der Waals surface area contributed by atoms with Gasteiger partial charge in [0.2, 0.25) is 0 Å². The Morgan fingerprint density at radius 1 is 1.14 bits per heavy atom. The van der Waals surface area contributed by atoms with E-state index in [4.69, 9.17) is 27.9 Å². The zero-order valence-corrected chi connectivity index (χ0v) is 14.7. The van der Waals surface area contributed by atoms with Crippen LogP contribution in [0.2, 0.25) is 10.0 Å². The lowest BCUT2D eigenvalue weighted by Gasteiger charge is -2.20. The monoisotopic (exact) mass is 353 g/mol. The summed E-state index contributed by atoms with van der Waals surface area (Å²) < 4.78 is 5.26. The molecule has 21 heavy (non-hydrogen) atoms. The maximum absolute atomic E-state index is 11.9. The van der Waals surface area contributed by atoms with Crippen LogP contribution in [0.4, 0.5) is 0 Å². The van der Waals surface area contributed by atoms with Crippen molar-refractivity contribution in [1.29, 1.82) is 0 Å². The Morgan fingerprint density at radius 3 is 2.29 bits per heavy atom. The van der Waals surface area contributed by atoms with Crippen molar-refractivity contribution in [3.8, 4) is 0 Å². The number of rotatable bonds is 8. The molecular formula is C15H22Cl3NO2. The molecule has 0 heterocycles. The molecule has 0 saturated carbocycles. The van der Waals surface area contributed by atoms with Gasteiger partial charge < -0.3 is 4.74 Å². The van der Waals surface area contributed by atoms with E-state index >= 15 is 0 Å². The van der Waals surface area contributed by atoms with Gasteiger partial charge in [-0.3, -0.25) is 4.90 Å². The number of hydrogen-bond acceptors (Lipinski definition) is 3. The first kappa shape index (κ1) is 20.5. The molecule has 0 aromatic heterocycles. The molecule has 1 aromatic rings. The van der Waals surface area contributed by atoms with Crippen molar-refractivity contribution in [2.24, 2.45) is 0 Å². The molecule has 0 atom stereocenters. The first-order chi connectivity index (χ1) is 9.58. The Kier molecular flexibility index (Phi) is 10.9. The minimum atomic E-state index is -0.403. The summed E-state index contributed by atoms with van der Waals surface area (Å²) in [5.41, 5.74) is 0.355. The van der Waals surface area contributed by atoms with Crippen molar-refractivity contribution in [3.63, 3.8) is 0 Å². The van der Waals surface area contributed by atoms with Crippen molar-refractivity contribution in [2.45, 2.75) is 26.7 Å². The smallest absolute Gasteiger partial charge is 0.339 e. The van der Waals surface area contributed by atoms with Gasteiger partial charge >= 0.3 is 5.97 Å². The SMILES string of the molecule is CCCN(CCC)CCOC(=O)c1ccc(Cl)cc1Cl.Cl. The summed E-state index contributed by atoms with van der Waals surface area (Å²) in [5.74, 6) is -0.403. The first-order valence-electron chi connectivity index (χ1n) is 6.93. The van der Waals surface area contributed by atoms with Gasteiger partial charge in [0.25, 0.3) is 0 Å². The van der Waals surface area contributed by atoms with E-state index in [9.17, 15) is 4.79 Å². The maximum atomic E-state index is 11.9. The van der Waals surface area contributed by atoms with E-state index in [0.29, 0.717) is 22.2 Å². The number of esters is 1. The Bertz CT molecular complexity index is 435. The van der Waals surface area contributed by atoms with Crippen LogP contribution in [0.3, 0.4) is 0 Å². The van der Waals surface area contributed by atoms with Crippen LogP contribution in [0.1, 0.15) is 37.0 Å². The summed E-state index contributed by atoms with van der Waals surface area (Å²) in [6.07, 6.45) is 2.19. The molecule has 3 nitrogen and oxygen atoms in total. The average Bonchev–Trinajstić information content (AvgIpc) is 2.39. The van der Waals surface area contributed by atoms with Crippen molar-refractivity contribution in [3.05, 3.63) is 33.8 Å². The van der Waals surface area contributed by atoms with Crippen LogP contribution in [0.25, 0.3) is 0 Å². The third kappa shape index (κ3) is 7.37. The number of ether oxygens (including phenoxy) is 1. The molecule has 0 amide bonds. The summed E-state index contributed by atoms with van der Waals surface area (Å²) in [6, 6.07) is 4.76. The highest BCUT2D eigenvalue weighted by Crippen LogP contribution is 2.21. The van der Waals surface area contributed by atoms with Gasteiger partial charge in [-0.25, -0.2) is 4.79 Å². The van der Waals surface area contributed by atoms with Crippen LogP contribution < -0.4 is 0 Å². The number of halogens is 3. The van der Waals surface area contributed by atoms with Crippen LogP contribution in [0.5, 0.6) is 0 Å². The molecule has 0 aliphatic heterocycles. The van der Waals surface area contributed by atoms with Gasteiger partial charge in [0.05, 0.1) is 10.6 Å². The fourth-order valence-electron chi connectivity index (χ4n) is 1.97. The fourth-order valence-corrected chi connectivity index (χ4v) is 2.45. The lowest BCUT2D eigenvalue weighted by atomic mass is 10.2. The van der Waals surface area contributed by atoms with E-state index in [1.807, 2.05) is 0 Å². The second kappa shape index (κ2) is 11.1. The van der Waals surface area contributed by atoms with Crippen LogP contribution >= 0.6 is 35.6 Å². The molecule has 1 aromatic carbocycles. The van der Waals surface area contributed by atoms with Gasteiger partial charge in [-0.15, -0.1) is 12.4 Å². The van der Waals surface area contributed by atoms with E-state index in [0.717, 1.165) is 32.5 Å². The third-order valence-electron chi connectivity index (χ3n) is 2.87. The number of carbonyl (C=O) groups is 1. The van der Waals surface area contributed by atoms with Gasteiger partial charge in [-0.2, -0.15) is 0 Å². The maximum Gasteiger partial charge on any atom is 0.339 e. The molecular weight excluding hydrogens is 333 g/mol. The Morgan fingerprint density at radius 2 is 1.76 bits per heavy atom. The topological polar surface area (TPSA) is 29.5 Å². The lowest BCUT2D eigenvalue weighted by molar-refractivity contribution is 0.0462. The highest BCUT2D eigenvalue weighted by molar-refractivity contribution is 6.36. The zero-order chi connectivity index (χ0) is 15.0. The number of hydrogen-bond donors (Lipinski definition) is 0. The summed E-state index contributed by atoms with van der Waals surface area (Å²) in [5, 5.41) is 0.824. The fraction of sp³-hybridized carbons (Fsp3) is 0.533. The summed E-state index contributed by atoms with van der Waals surface area (Å²) in [4.78, 5) is 14.2. The van der Waals surface area contributed by atoms with E-state index in [-0.39, 0.29) is 12.4 Å². The summed E-state index contributed by atoms with van der Waals surface area (Å²) >= 11 is 11.8. The Balaban J connectivity index is 0.00000400. The first-order valence-corrected chi connectivity index (χ1v) is 7.68. The molecule has 0 fully saturated rings. The molecule has 0 radical (unpaired) electrons. The normalized spacial score (nSPS) is 10.3. The van der Waals surface area contributed by atoms with Crippen LogP contribution in [-0.4, -0.2) is 37.1 Å². The van der Waals surface area contributed by atoms with Crippen molar-refractivity contribution < 1.29 is 9.53 Å². The van der Waals surface area contributed by atoms with Gasteiger partial charge in [-0.05, 0) is 44.1 Å². The minimum Gasteiger partial charge on any atom is -0.461 e. The average molecular weight is 355 g/mol. The Hall–Kier alpha value is -0.480. The van der Waals surface area contributed by atoms with Crippen LogP contribution in [-0.2, 0) is 4.74 Å². The molecule has 1 rings (SSSR count). The summed E-state index contributed by atoms with van der Waals surface area (Å²) in [7, 11) is 0. The highest BCUT2D eigenvalue weighted by atomic mass is 35.5. The molecule has 0 unspecified atom stereocenters. The Labute approximate surface area is 143 Å². The van der Waals surface area contributed by atoms with E-state index in [1.54, 1.807) is 18.2 Å². The van der Waals surface area contributed by atoms with Gasteiger partial charge in [-0.1, -0.05) is 37.0 Å². The van der Waals surface area contributed by atoms with Gasteiger partial charge in [0, 0.05) is 11.6 Å².